The highest BCUT2D eigenvalue weighted by Gasteiger charge is 2.14. The number of rotatable bonds is 3. The van der Waals surface area contributed by atoms with E-state index in [0.29, 0.717) is 18.5 Å². The lowest BCUT2D eigenvalue weighted by Crippen LogP contribution is -2.27. The zero-order chi connectivity index (χ0) is 13.0. The molecule has 0 fully saturated rings. The zero-order valence-electron chi connectivity index (χ0n) is 10.1. The minimum absolute atomic E-state index is 0.0798. The maximum absolute atomic E-state index is 12.3. The van der Waals surface area contributed by atoms with Gasteiger partial charge in [-0.15, -0.1) is 0 Å². The first kappa shape index (κ1) is 12.1. The first-order chi connectivity index (χ1) is 8.74. The van der Waals surface area contributed by atoms with Gasteiger partial charge in [0.15, 0.2) is 0 Å². The average Bonchev–Trinajstić information content (AvgIpc) is 2.43. The third kappa shape index (κ3) is 2.30. The molecule has 4 nitrogen and oxygen atoms in total. The third-order valence-corrected chi connectivity index (χ3v) is 2.78. The number of hydrogen-bond acceptors (Lipinski definition) is 3. The molecular weight excluding hydrogens is 226 g/mol. The summed E-state index contributed by atoms with van der Waals surface area (Å²) in [4.78, 5) is 18.0. The fourth-order valence-electron chi connectivity index (χ4n) is 1.81. The minimum Gasteiger partial charge on any atom is -0.341 e. The molecule has 1 heterocycles. The van der Waals surface area contributed by atoms with E-state index in [1.165, 1.54) is 0 Å². The van der Waals surface area contributed by atoms with Crippen LogP contribution in [-0.2, 0) is 0 Å². The second-order valence-corrected chi connectivity index (χ2v) is 4.01. The third-order valence-electron chi connectivity index (χ3n) is 2.78. The van der Waals surface area contributed by atoms with E-state index in [-0.39, 0.29) is 5.91 Å². The highest BCUT2D eigenvalue weighted by atomic mass is 16.2. The summed E-state index contributed by atoms with van der Waals surface area (Å²) >= 11 is 0. The van der Waals surface area contributed by atoms with Crippen molar-refractivity contribution in [2.75, 3.05) is 13.6 Å². The summed E-state index contributed by atoms with van der Waals surface area (Å²) in [6.45, 7) is 0.436. The number of nitrogens with zero attached hydrogens (tertiary/aromatic N) is 3. The van der Waals surface area contributed by atoms with Crippen molar-refractivity contribution in [3.8, 4) is 6.07 Å². The van der Waals surface area contributed by atoms with Crippen molar-refractivity contribution in [2.24, 2.45) is 0 Å². The van der Waals surface area contributed by atoms with Crippen molar-refractivity contribution in [3.05, 3.63) is 42.1 Å². The molecule has 2 rings (SSSR count). The summed E-state index contributed by atoms with van der Waals surface area (Å²) in [5.41, 5.74) is 1.43. The number of carbonyl (C=O) groups excluding carboxylic acids is 1. The maximum Gasteiger partial charge on any atom is 0.254 e. The van der Waals surface area contributed by atoms with E-state index < -0.39 is 0 Å². The Morgan fingerprint density at radius 2 is 2.22 bits per heavy atom. The van der Waals surface area contributed by atoms with Gasteiger partial charge in [-0.05, 0) is 18.2 Å². The van der Waals surface area contributed by atoms with Crippen molar-refractivity contribution in [3.63, 3.8) is 0 Å². The first-order valence-corrected chi connectivity index (χ1v) is 5.70. The van der Waals surface area contributed by atoms with Gasteiger partial charge in [0.1, 0.15) is 0 Å². The van der Waals surface area contributed by atoms with E-state index in [2.05, 4.69) is 4.98 Å². The molecular formula is C14H13N3O. The van der Waals surface area contributed by atoms with Gasteiger partial charge in [0, 0.05) is 30.7 Å². The topological polar surface area (TPSA) is 57.0 Å². The van der Waals surface area contributed by atoms with Gasteiger partial charge < -0.3 is 4.90 Å². The average molecular weight is 239 g/mol. The Bertz CT molecular complexity index is 610. The van der Waals surface area contributed by atoms with E-state index in [1.807, 2.05) is 30.3 Å². The Kier molecular flexibility index (Phi) is 3.54. The Hall–Kier alpha value is -2.41. The number of amides is 1. The zero-order valence-corrected chi connectivity index (χ0v) is 10.1. The summed E-state index contributed by atoms with van der Waals surface area (Å²) < 4.78 is 0. The molecule has 0 aliphatic heterocycles. The van der Waals surface area contributed by atoms with Gasteiger partial charge in [-0.1, -0.05) is 12.1 Å². The van der Waals surface area contributed by atoms with E-state index in [0.717, 1.165) is 10.9 Å². The fraction of sp³-hybridized carbons (Fsp3) is 0.214. The smallest absolute Gasteiger partial charge is 0.254 e. The van der Waals surface area contributed by atoms with Gasteiger partial charge in [-0.3, -0.25) is 9.78 Å². The maximum atomic E-state index is 12.3. The lowest BCUT2D eigenvalue weighted by atomic mass is 10.1. The molecule has 0 spiro atoms. The number of hydrogen-bond donors (Lipinski definition) is 0. The highest BCUT2D eigenvalue weighted by molar-refractivity contribution is 6.05. The Balaban J connectivity index is 2.36. The van der Waals surface area contributed by atoms with Crippen LogP contribution in [0.4, 0.5) is 0 Å². The number of carbonyl (C=O) groups is 1. The molecule has 0 aliphatic carbocycles. The minimum atomic E-state index is -0.0798. The molecule has 0 bridgehead atoms. The Morgan fingerprint density at radius 3 is 3.00 bits per heavy atom. The van der Waals surface area contributed by atoms with Crippen LogP contribution in [0.3, 0.4) is 0 Å². The Labute approximate surface area is 105 Å². The number of fused-ring (bicyclic) bond motifs is 1. The van der Waals surface area contributed by atoms with Gasteiger partial charge in [-0.25, -0.2) is 0 Å². The fourth-order valence-corrected chi connectivity index (χ4v) is 1.81. The Morgan fingerprint density at radius 1 is 1.39 bits per heavy atom. The number of nitriles is 1. The van der Waals surface area contributed by atoms with Crippen molar-refractivity contribution >= 4 is 16.8 Å². The van der Waals surface area contributed by atoms with E-state index in [4.69, 9.17) is 5.26 Å². The lowest BCUT2D eigenvalue weighted by molar-refractivity contribution is 0.0800. The molecule has 1 aromatic carbocycles. The summed E-state index contributed by atoms with van der Waals surface area (Å²) in [6, 6.07) is 11.2. The molecule has 0 N–H and O–H groups in total. The summed E-state index contributed by atoms with van der Waals surface area (Å²) in [7, 11) is 1.70. The number of pyridine rings is 1. The SMILES string of the molecule is CN(CCC#N)C(=O)c1cccc2ncccc12. The van der Waals surface area contributed by atoms with Crippen LogP contribution in [0.2, 0.25) is 0 Å². The highest BCUT2D eigenvalue weighted by Crippen LogP contribution is 2.17. The van der Waals surface area contributed by atoms with Crippen LogP contribution in [0.15, 0.2) is 36.5 Å². The van der Waals surface area contributed by atoms with E-state index in [1.54, 1.807) is 24.2 Å². The number of benzene rings is 1. The van der Waals surface area contributed by atoms with Crippen molar-refractivity contribution in [1.29, 1.82) is 5.26 Å². The van der Waals surface area contributed by atoms with Crippen LogP contribution < -0.4 is 0 Å². The van der Waals surface area contributed by atoms with Gasteiger partial charge in [-0.2, -0.15) is 5.26 Å². The van der Waals surface area contributed by atoms with Crippen LogP contribution in [0.25, 0.3) is 10.9 Å². The van der Waals surface area contributed by atoms with Gasteiger partial charge in [0.2, 0.25) is 0 Å². The molecule has 0 aliphatic rings. The molecule has 4 heteroatoms. The van der Waals surface area contributed by atoms with Crippen LogP contribution in [-0.4, -0.2) is 29.4 Å². The van der Waals surface area contributed by atoms with Crippen molar-refractivity contribution in [2.45, 2.75) is 6.42 Å². The summed E-state index contributed by atoms with van der Waals surface area (Å²) in [6.07, 6.45) is 2.04. The van der Waals surface area contributed by atoms with Crippen LogP contribution >= 0.6 is 0 Å². The van der Waals surface area contributed by atoms with Gasteiger partial charge in [0.05, 0.1) is 18.0 Å². The largest absolute Gasteiger partial charge is 0.341 e. The van der Waals surface area contributed by atoms with Crippen molar-refractivity contribution < 1.29 is 4.79 Å². The lowest BCUT2D eigenvalue weighted by Gasteiger charge is -2.16. The molecule has 2 aromatic rings. The molecule has 1 amide bonds. The normalized spacial score (nSPS) is 10.0. The second-order valence-electron chi connectivity index (χ2n) is 4.01. The molecule has 1 aromatic heterocycles. The van der Waals surface area contributed by atoms with Gasteiger partial charge in [0.25, 0.3) is 5.91 Å². The summed E-state index contributed by atoms with van der Waals surface area (Å²) in [5, 5.41) is 9.38. The standard InChI is InChI=1S/C14H13N3O/c1-17(10-4-8-15)14(18)12-5-2-7-13-11(12)6-3-9-16-13/h2-3,5-7,9H,4,10H2,1H3. The van der Waals surface area contributed by atoms with Gasteiger partial charge >= 0.3 is 0 Å². The molecule has 90 valence electrons. The van der Waals surface area contributed by atoms with Crippen LogP contribution in [0.5, 0.6) is 0 Å². The first-order valence-electron chi connectivity index (χ1n) is 5.70. The molecule has 0 unspecified atom stereocenters. The predicted molar refractivity (Wildman–Crippen MR) is 68.9 cm³/mol. The molecule has 0 atom stereocenters. The van der Waals surface area contributed by atoms with E-state index in [9.17, 15) is 4.79 Å². The number of aromatic nitrogens is 1. The van der Waals surface area contributed by atoms with Crippen LogP contribution in [0, 0.1) is 11.3 Å². The van der Waals surface area contributed by atoms with Crippen LogP contribution in [0.1, 0.15) is 16.8 Å². The molecule has 18 heavy (non-hydrogen) atoms. The predicted octanol–water partition coefficient (Wildman–Crippen LogP) is 2.22. The summed E-state index contributed by atoms with van der Waals surface area (Å²) in [5.74, 6) is -0.0798. The van der Waals surface area contributed by atoms with E-state index >= 15 is 0 Å². The molecule has 0 radical (unpaired) electrons. The quantitative estimate of drug-likeness (QED) is 0.825. The monoisotopic (exact) mass is 239 g/mol. The van der Waals surface area contributed by atoms with Crippen molar-refractivity contribution in [1.82, 2.24) is 9.88 Å². The second kappa shape index (κ2) is 5.28. The molecule has 0 saturated carbocycles. The molecule has 0 saturated heterocycles.